The molecule has 0 saturated carbocycles. The van der Waals surface area contributed by atoms with Crippen molar-refractivity contribution in [3.05, 3.63) is 0 Å². The first-order valence-corrected chi connectivity index (χ1v) is 6.11. The summed E-state index contributed by atoms with van der Waals surface area (Å²) in [6.45, 7) is 8.52. The number of nitrogens with two attached hydrogens (primary N) is 1. The Bertz CT molecular complexity index is 286. The summed E-state index contributed by atoms with van der Waals surface area (Å²) >= 11 is 0. The van der Waals surface area contributed by atoms with Gasteiger partial charge in [0.1, 0.15) is 5.60 Å². The molecule has 1 atom stereocenters. The number of nitrogens with zero attached hydrogens (tertiary/aromatic N) is 1. The molecule has 0 aliphatic carbocycles. The van der Waals surface area contributed by atoms with E-state index in [0.717, 1.165) is 13.0 Å². The fraction of sp³-hybridized carbons (Fsp3) is 0.833. The van der Waals surface area contributed by atoms with Crippen LogP contribution in [-0.2, 0) is 9.53 Å². The van der Waals surface area contributed by atoms with Crippen LogP contribution in [0.2, 0.25) is 0 Å². The minimum Gasteiger partial charge on any atom is -0.481 e. The van der Waals surface area contributed by atoms with Crippen LogP contribution in [0, 0.1) is 0 Å². The highest BCUT2D eigenvalue weighted by Gasteiger charge is 2.27. The number of ether oxygens (including phenoxy) is 1. The molecule has 0 aromatic carbocycles. The fourth-order valence-electron chi connectivity index (χ4n) is 1.28. The second kappa shape index (κ2) is 7.20. The molecule has 0 aromatic rings. The first-order valence-electron chi connectivity index (χ1n) is 6.11. The number of carbonyl (C=O) groups excluding carboxylic acids is 1. The summed E-state index contributed by atoms with van der Waals surface area (Å²) in [6.07, 6.45) is 0.847. The van der Waals surface area contributed by atoms with Gasteiger partial charge in [-0.15, -0.1) is 0 Å². The number of carboxylic acids is 1. The quantitative estimate of drug-likeness (QED) is 0.744. The Kier molecular flexibility index (Phi) is 6.68. The Morgan fingerprint density at radius 3 is 2.22 bits per heavy atom. The van der Waals surface area contributed by atoms with Gasteiger partial charge < -0.3 is 20.5 Å². The first-order chi connectivity index (χ1) is 8.15. The van der Waals surface area contributed by atoms with Crippen LogP contribution in [0.4, 0.5) is 4.79 Å². The Labute approximate surface area is 108 Å². The van der Waals surface area contributed by atoms with Crippen LogP contribution in [-0.4, -0.2) is 46.8 Å². The number of amides is 1. The van der Waals surface area contributed by atoms with Crippen molar-refractivity contribution in [1.29, 1.82) is 0 Å². The summed E-state index contributed by atoms with van der Waals surface area (Å²) in [5.74, 6) is -0.745. The summed E-state index contributed by atoms with van der Waals surface area (Å²) < 4.78 is 5.20. The highest BCUT2D eigenvalue weighted by molar-refractivity contribution is 5.68. The van der Waals surface area contributed by atoms with Gasteiger partial charge >= 0.3 is 12.1 Å². The maximum Gasteiger partial charge on any atom is 0.410 e. The number of aliphatic carboxylic acids is 1. The molecule has 1 amide bonds. The Morgan fingerprint density at radius 2 is 1.94 bits per heavy atom. The van der Waals surface area contributed by atoms with Gasteiger partial charge in [-0.25, -0.2) is 4.79 Å². The van der Waals surface area contributed by atoms with Crippen molar-refractivity contribution in [2.45, 2.75) is 52.2 Å². The van der Waals surface area contributed by atoms with Crippen LogP contribution in [0.25, 0.3) is 0 Å². The molecule has 1 aliphatic rings. The van der Waals surface area contributed by atoms with Crippen LogP contribution in [0.3, 0.4) is 0 Å². The van der Waals surface area contributed by atoms with E-state index in [4.69, 9.17) is 15.6 Å². The van der Waals surface area contributed by atoms with E-state index in [0.29, 0.717) is 6.54 Å². The predicted octanol–water partition coefficient (Wildman–Crippen LogP) is 1.44. The summed E-state index contributed by atoms with van der Waals surface area (Å²) in [7, 11) is 0. The number of likely N-dealkylation sites (tertiary alicyclic amines) is 1. The molecule has 0 spiro atoms. The molecular weight excluding hydrogens is 236 g/mol. The van der Waals surface area contributed by atoms with Crippen LogP contribution < -0.4 is 5.73 Å². The number of hydrogen-bond acceptors (Lipinski definition) is 4. The molecule has 1 saturated heterocycles. The summed E-state index contributed by atoms with van der Waals surface area (Å²) in [4.78, 5) is 22.5. The van der Waals surface area contributed by atoms with Gasteiger partial charge in [0.2, 0.25) is 0 Å². The number of carbonyl (C=O) groups is 2. The molecule has 1 fully saturated rings. The Balaban J connectivity index is 0.000000494. The van der Waals surface area contributed by atoms with Gasteiger partial charge in [-0.05, 0) is 27.2 Å². The van der Waals surface area contributed by atoms with Crippen molar-refractivity contribution in [2.75, 3.05) is 13.1 Å². The lowest BCUT2D eigenvalue weighted by Crippen LogP contribution is -2.36. The molecule has 3 N–H and O–H groups in total. The van der Waals surface area contributed by atoms with Crippen LogP contribution in [0.5, 0.6) is 0 Å². The van der Waals surface area contributed by atoms with Gasteiger partial charge in [0, 0.05) is 25.6 Å². The van der Waals surface area contributed by atoms with Crippen molar-refractivity contribution in [3.63, 3.8) is 0 Å². The average Bonchev–Trinajstić information content (AvgIpc) is 2.63. The Morgan fingerprint density at radius 1 is 1.44 bits per heavy atom. The number of carboxylic acid groups (broad SMARTS) is 1. The standard InChI is InChI=1S/C9H18N2O2.C3H6O2/c1-9(2,3)13-8(12)11-5-4-7(10)6-11;1-2-3(4)5/h7H,4-6,10H2,1-3H3;2H2,1H3,(H,4,5)/t7-;/m1./s1. The van der Waals surface area contributed by atoms with Crippen molar-refractivity contribution in [2.24, 2.45) is 5.73 Å². The van der Waals surface area contributed by atoms with Crippen LogP contribution in [0.15, 0.2) is 0 Å². The highest BCUT2D eigenvalue weighted by Crippen LogP contribution is 2.13. The summed E-state index contributed by atoms with van der Waals surface area (Å²) in [5, 5.41) is 7.72. The van der Waals surface area contributed by atoms with Crippen molar-refractivity contribution in [1.82, 2.24) is 4.90 Å². The van der Waals surface area contributed by atoms with Crippen molar-refractivity contribution < 1.29 is 19.4 Å². The fourth-order valence-corrected chi connectivity index (χ4v) is 1.28. The normalized spacial score (nSPS) is 18.9. The van der Waals surface area contributed by atoms with E-state index in [-0.39, 0.29) is 18.6 Å². The van der Waals surface area contributed by atoms with E-state index in [1.807, 2.05) is 20.8 Å². The zero-order valence-electron chi connectivity index (χ0n) is 11.6. The van der Waals surface area contributed by atoms with E-state index in [1.54, 1.807) is 11.8 Å². The van der Waals surface area contributed by atoms with E-state index in [2.05, 4.69) is 0 Å². The molecule has 18 heavy (non-hydrogen) atoms. The summed E-state index contributed by atoms with van der Waals surface area (Å²) in [5.41, 5.74) is 5.26. The molecule has 0 aromatic heterocycles. The minimum absolute atomic E-state index is 0.118. The molecule has 6 heteroatoms. The maximum atomic E-state index is 11.5. The molecule has 106 valence electrons. The van der Waals surface area contributed by atoms with Crippen LogP contribution >= 0.6 is 0 Å². The maximum absolute atomic E-state index is 11.5. The molecule has 6 nitrogen and oxygen atoms in total. The van der Waals surface area contributed by atoms with Gasteiger partial charge in [-0.2, -0.15) is 0 Å². The predicted molar refractivity (Wildman–Crippen MR) is 68.3 cm³/mol. The lowest BCUT2D eigenvalue weighted by atomic mass is 10.2. The average molecular weight is 260 g/mol. The third-order valence-electron chi connectivity index (χ3n) is 2.18. The number of hydrogen-bond donors (Lipinski definition) is 2. The van der Waals surface area contributed by atoms with E-state index in [1.165, 1.54) is 0 Å². The molecule has 0 bridgehead atoms. The zero-order valence-corrected chi connectivity index (χ0v) is 11.6. The molecular formula is C12H24N2O4. The molecule has 1 heterocycles. The van der Waals surface area contributed by atoms with Crippen molar-refractivity contribution >= 4 is 12.1 Å². The van der Waals surface area contributed by atoms with Crippen molar-refractivity contribution in [3.8, 4) is 0 Å². The van der Waals surface area contributed by atoms with Gasteiger partial charge in [0.25, 0.3) is 0 Å². The second-order valence-corrected chi connectivity index (χ2v) is 5.22. The smallest absolute Gasteiger partial charge is 0.410 e. The second-order valence-electron chi connectivity index (χ2n) is 5.22. The third-order valence-corrected chi connectivity index (χ3v) is 2.18. The lowest BCUT2D eigenvalue weighted by molar-refractivity contribution is -0.136. The van der Waals surface area contributed by atoms with Gasteiger partial charge in [-0.1, -0.05) is 6.92 Å². The summed E-state index contributed by atoms with van der Waals surface area (Å²) in [6, 6.07) is 0.118. The molecule has 1 rings (SSSR count). The molecule has 0 radical (unpaired) electrons. The van der Waals surface area contributed by atoms with E-state index < -0.39 is 11.6 Å². The monoisotopic (exact) mass is 260 g/mol. The Hall–Kier alpha value is -1.30. The minimum atomic E-state index is -0.745. The number of rotatable bonds is 1. The van der Waals surface area contributed by atoms with Gasteiger partial charge in [0.15, 0.2) is 0 Å². The zero-order chi connectivity index (χ0) is 14.3. The van der Waals surface area contributed by atoms with E-state index >= 15 is 0 Å². The topological polar surface area (TPSA) is 92.9 Å². The van der Waals surface area contributed by atoms with Crippen LogP contribution in [0.1, 0.15) is 40.5 Å². The van der Waals surface area contributed by atoms with E-state index in [9.17, 15) is 9.59 Å². The van der Waals surface area contributed by atoms with Gasteiger partial charge in [0.05, 0.1) is 0 Å². The SMILES string of the molecule is CC(C)(C)OC(=O)N1CC[C@@H](N)C1.CCC(=O)O. The largest absolute Gasteiger partial charge is 0.481 e. The van der Waals surface area contributed by atoms with Gasteiger partial charge in [-0.3, -0.25) is 4.79 Å². The third kappa shape index (κ3) is 7.89. The highest BCUT2D eigenvalue weighted by atomic mass is 16.6. The lowest BCUT2D eigenvalue weighted by Gasteiger charge is -2.24. The molecule has 0 unspecified atom stereocenters. The molecule has 1 aliphatic heterocycles. The first kappa shape index (κ1) is 16.7.